The maximum atomic E-state index is 12.5. The normalized spacial score (nSPS) is 19.3. The molecule has 4 heterocycles. The zero-order valence-electron chi connectivity index (χ0n) is 16.6. The molecule has 1 aromatic carbocycles. The summed E-state index contributed by atoms with van der Waals surface area (Å²) in [6, 6.07) is 11.7. The molecule has 8 nitrogen and oxygen atoms in total. The summed E-state index contributed by atoms with van der Waals surface area (Å²) < 4.78 is 6.48. The van der Waals surface area contributed by atoms with E-state index in [9.17, 15) is 4.79 Å². The molecule has 156 valence electrons. The number of morpholine rings is 1. The maximum Gasteiger partial charge on any atom is 0.319 e. The summed E-state index contributed by atoms with van der Waals surface area (Å²) in [7, 11) is 0. The minimum atomic E-state index is -0.180. The molecule has 2 aliphatic rings. The Labute approximate surface area is 178 Å². The summed E-state index contributed by atoms with van der Waals surface area (Å²) in [6.45, 7) is 4.86. The van der Waals surface area contributed by atoms with Gasteiger partial charge < -0.3 is 25.2 Å². The number of rotatable bonds is 4. The summed E-state index contributed by atoms with van der Waals surface area (Å²) in [6.07, 6.45) is 2.70. The fraction of sp³-hybridized carbons (Fsp3) is 0.381. The zero-order chi connectivity index (χ0) is 20.3. The first-order chi connectivity index (χ1) is 14.7. The molecule has 2 aliphatic heterocycles. The summed E-state index contributed by atoms with van der Waals surface area (Å²) in [5, 5.41) is 7.05. The predicted octanol–water partition coefficient (Wildman–Crippen LogP) is 2.93. The molecule has 0 aliphatic carbocycles. The smallest absolute Gasteiger partial charge is 0.319 e. The van der Waals surface area contributed by atoms with E-state index < -0.39 is 0 Å². The van der Waals surface area contributed by atoms with Crippen LogP contribution in [0.4, 0.5) is 21.4 Å². The Bertz CT molecular complexity index is 1020. The topological polar surface area (TPSA) is 82.6 Å². The molecule has 2 N–H and O–H groups in total. The molecule has 2 amide bonds. The van der Waals surface area contributed by atoms with Gasteiger partial charge >= 0.3 is 6.03 Å². The minimum absolute atomic E-state index is 0.104. The predicted molar refractivity (Wildman–Crippen MR) is 120 cm³/mol. The molecule has 1 atom stereocenters. The van der Waals surface area contributed by atoms with Crippen molar-refractivity contribution in [2.75, 3.05) is 54.5 Å². The Hall–Kier alpha value is -2.91. The molecule has 2 saturated heterocycles. The number of ether oxygens (including phenoxy) is 1. The zero-order valence-corrected chi connectivity index (χ0v) is 17.4. The van der Waals surface area contributed by atoms with Crippen molar-refractivity contribution in [3.8, 4) is 0 Å². The van der Waals surface area contributed by atoms with Crippen LogP contribution in [0, 0.1) is 0 Å². The standard InChI is InChI=1S/C21H24N6O2S/c28-20(24-16-6-8-27(14-16)19-3-1-2-7-22-19)23-15-4-5-17-18(13-15)30-21(25-17)26-9-11-29-12-10-26/h1-5,7,13,16H,6,8-12,14H2,(H2,23,24,28). The molecular weight excluding hydrogens is 400 g/mol. The third-order valence-electron chi connectivity index (χ3n) is 5.41. The van der Waals surface area contributed by atoms with E-state index in [0.29, 0.717) is 0 Å². The van der Waals surface area contributed by atoms with Gasteiger partial charge in [-0.1, -0.05) is 17.4 Å². The molecule has 30 heavy (non-hydrogen) atoms. The van der Waals surface area contributed by atoms with Crippen LogP contribution < -0.4 is 20.4 Å². The van der Waals surface area contributed by atoms with E-state index in [1.807, 2.05) is 36.4 Å². The quantitative estimate of drug-likeness (QED) is 0.670. The van der Waals surface area contributed by atoms with E-state index in [1.54, 1.807) is 17.5 Å². The van der Waals surface area contributed by atoms with E-state index in [4.69, 9.17) is 9.72 Å². The lowest BCUT2D eigenvalue weighted by atomic mass is 10.2. The Morgan fingerprint density at radius 2 is 2.03 bits per heavy atom. The number of carbonyl (C=O) groups excluding carboxylic acids is 1. The van der Waals surface area contributed by atoms with Crippen LogP contribution in [0.25, 0.3) is 10.2 Å². The lowest BCUT2D eigenvalue weighted by Crippen LogP contribution is -2.39. The van der Waals surface area contributed by atoms with Gasteiger partial charge in [0, 0.05) is 44.1 Å². The number of benzene rings is 1. The molecule has 0 saturated carbocycles. The molecule has 2 fully saturated rings. The van der Waals surface area contributed by atoms with Crippen molar-refractivity contribution in [3.63, 3.8) is 0 Å². The van der Waals surface area contributed by atoms with Crippen molar-refractivity contribution >= 4 is 44.2 Å². The lowest BCUT2D eigenvalue weighted by molar-refractivity contribution is 0.122. The maximum absolute atomic E-state index is 12.5. The number of anilines is 3. The molecule has 2 aromatic heterocycles. The third kappa shape index (κ3) is 4.17. The van der Waals surface area contributed by atoms with Crippen LogP contribution >= 0.6 is 11.3 Å². The number of nitrogens with zero attached hydrogens (tertiary/aromatic N) is 4. The molecule has 0 radical (unpaired) electrons. The van der Waals surface area contributed by atoms with Crippen LogP contribution in [0.3, 0.4) is 0 Å². The highest BCUT2D eigenvalue weighted by Crippen LogP contribution is 2.31. The average Bonchev–Trinajstić information content (AvgIpc) is 3.42. The summed E-state index contributed by atoms with van der Waals surface area (Å²) in [4.78, 5) is 26.1. The van der Waals surface area contributed by atoms with Gasteiger partial charge in [0.25, 0.3) is 0 Å². The van der Waals surface area contributed by atoms with Gasteiger partial charge in [0.1, 0.15) is 5.82 Å². The molecule has 1 unspecified atom stereocenters. The highest BCUT2D eigenvalue weighted by Gasteiger charge is 2.24. The first-order valence-corrected chi connectivity index (χ1v) is 11.0. The van der Waals surface area contributed by atoms with Crippen LogP contribution in [0.5, 0.6) is 0 Å². The van der Waals surface area contributed by atoms with Gasteiger partial charge in [-0.25, -0.2) is 14.8 Å². The number of hydrogen-bond acceptors (Lipinski definition) is 7. The Balaban J connectivity index is 1.19. The van der Waals surface area contributed by atoms with Crippen LogP contribution in [0.1, 0.15) is 6.42 Å². The SMILES string of the molecule is O=C(Nc1ccc2nc(N3CCOCC3)sc2c1)NC1CCN(c2ccccn2)C1. The lowest BCUT2D eigenvalue weighted by Gasteiger charge is -2.25. The average molecular weight is 425 g/mol. The number of fused-ring (bicyclic) bond motifs is 1. The van der Waals surface area contributed by atoms with Gasteiger partial charge in [-0.05, 0) is 36.8 Å². The first kappa shape index (κ1) is 19.1. The van der Waals surface area contributed by atoms with E-state index in [0.717, 1.165) is 72.7 Å². The van der Waals surface area contributed by atoms with Crippen LogP contribution in [0.15, 0.2) is 42.6 Å². The summed E-state index contributed by atoms with van der Waals surface area (Å²) >= 11 is 1.65. The number of aromatic nitrogens is 2. The number of hydrogen-bond donors (Lipinski definition) is 2. The van der Waals surface area contributed by atoms with Crippen LogP contribution in [-0.2, 0) is 4.74 Å². The van der Waals surface area contributed by atoms with Crippen LogP contribution in [-0.4, -0.2) is 61.4 Å². The Morgan fingerprint density at radius 3 is 2.87 bits per heavy atom. The molecular formula is C21H24N6O2S. The van der Waals surface area contributed by atoms with E-state index >= 15 is 0 Å². The van der Waals surface area contributed by atoms with Crippen molar-refractivity contribution in [3.05, 3.63) is 42.6 Å². The Kier molecular flexibility index (Phi) is 5.37. The molecule has 0 bridgehead atoms. The number of nitrogens with one attached hydrogen (secondary N) is 2. The number of carbonyl (C=O) groups is 1. The van der Waals surface area contributed by atoms with Gasteiger partial charge in [-0.2, -0.15) is 0 Å². The fourth-order valence-corrected chi connectivity index (χ4v) is 4.92. The monoisotopic (exact) mass is 424 g/mol. The highest BCUT2D eigenvalue weighted by atomic mass is 32.1. The molecule has 0 spiro atoms. The van der Waals surface area contributed by atoms with Gasteiger partial charge in [-0.15, -0.1) is 0 Å². The number of urea groups is 1. The summed E-state index contributed by atoms with van der Waals surface area (Å²) in [5.41, 5.74) is 1.73. The van der Waals surface area contributed by atoms with Gasteiger partial charge in [0.05, 0.1) is 23.4 Å². The van der Waals surface area contributed by atoms with Crippen molar-refractivity contribution < 1.29 is 9.53 Å². The van der Waals surface area contributed by atoms with Crippen LogP contribution in [0.2, 0.25) is 0 Å². The second-order valence-electron chi connectivity index (χ2n) is 7.50. The molecule has 5 rings (SSSR count). The van der Waals surface area contributed by atoms with Crippen molar-refractivity contribution in [2.24, 2.45) is 0 Å². The van der Waals surface area contributed by atoms with Gasteiger partial charge in [0.15, 0.2) is 5.13 Å². The second-order valence-corrected chi connectivity index (χ2v) is 8.51. The number of amides is 2. The van der Waals surface area contributed by atoms with E-state index in [-0.39, 0.29) is 12.1 Å². The van der Waals surface area contributed by atoms with Gasteiger partial charge in [-0.3, -0.25) is 0 Å². The van der Waals surface area contributed by atoms with Crippen molar-refractivity contribution in [1.82, 2.24) is 15.3 Å². The van der Waals surface area contributed by atoms with Crippen molar-refractivity contribution in [2.45, 2.75) is 12.5 Å². The van der Waals surface area contributed by atoms with Gasteiger partial charge in [0.2, 0.25) is 0 Å². The third-order valence-corrected chi connectivity index (χ3v) is 6.49. The largest absolute Gasteiger partial charge is 0.378 e. The van der Waals surface area contributed by atoms with E-state index in [1.165, 1.54) is 0 Å². The van der Waals surface area contributed by atoms with Crippen molar-refractivity contribution in [1.29, 1.82) is 0 Å². The Morgan fingerprint density at radius 1 is 1.13 bits per heavy atom. The molecule has 3 aromatic rings. The second kappa shape index (κ2) is 8.45. The van der Waals surface area contributed by atoms with E-state index in [2.05, 4.69) is 25.4 Å². The number of pyridine rings is 1. The number of thiazole rings is 1. The first-order valence-electron chi connectivity index (χ1n) is 10.2. The highest BCUT2D eigenvalue weighted by molar-refractivity contribution is 7.22. The fourth-order valence-electron chi connectivity index (χ4n) is 3.86. The summed E-state index contributed by atoms with van der Waals surface area (Å²) in [5.74, 6) is 0.953. The molecule has 9 heteroatoms. The minimum Gasteiger partial charge on any atom is -0.378 e.